The van der Waals surface area contributed by atoms with E-state index in [1.54, 1.807) is 0 Å². The van der Waals surface area contributed by atoms with Crippen molar-refractivity contribution in [1.29, 1.82) is 0 Å². The first kappa shape index (κ1) is 12.3. The number of aromatic nitrogens is 2. The van der Waals surface area contributed by atoms with Crippen LogP contribution in [0.15, 0.2) is 30.6 Å². The van der Waals surface area contributed by atoms with Gasteiger partial charge in [-0.2, -0.15) is 0 Å². The zero-order chi connectivity index (χ0) is 13.1. The zero-order valence-corrected chi connectivity index (χ0v) is 9.84. The van der Waals surface area contributed by atoms with Crippen LogP contribution in [0, 0.1) is 11.6 Å². The number of rotatable bonds is 3. The van der Waals surface area contributed by atoms with E-state index >= 15 is 0 Å². The maximum absolute atomic E-state index is 13.3. The molecule has 2 aromatic rings. The van der Waals surface area contributed by atoms with Crippen LogP contribution in [0.2, 0.25) is 0 Å². The molecule has 0 saturated heterocycles. The summed E-state index contributed by atoms with van der Waals surface area (Å²) in [5.74, 6) is -0.872. The second kappa shape index (κ2) is 5.01. The minimum atomic E-state index is -0.586. The fraction of sp³-hybridized carbons (Fsp3) is 0. The molecule has 0 radical (unpaired) electrons. The highest BCUT2D eigenvalue weighted by atomic mass is 32.1. The monoisotopic (exact) mass is 266 g/mol. The molecule has 0 aliphatic carbocycles. The third-order valence-corrected chi connectivity index (χ3v) is 2.30. The molecule has 0 fully saturated rings. The predicted molar refractivity (Wildman–Crippen MR) is 67.6 cm³/mol. The summed E-state index contributed by atoms with van der Waals surface area (Å²) in [6.07, 6.45) is 2.68. The van der Waals surface area contributed by atoms with Gasteiger partial charge in [0.1, 0.15) is 28.1 Å². The van der Waals surface area contributed by atoms with Crippen molar-refractivity contribution in [3.8, 4) is 0 Å². The largest absolute Gasteiger partial charge is 0.388 e. The summed E-state index contributed by atoms with van der Waals surface area (Å²) in [6, 6.07) is 3.08. The number of halogens is 2. The maximum atomic E-state index is 13.3. The van der Waals surface area contributed by atoms with Crippen molar-refractivity contribution in [2.24, 2.45) is 5.73 Å². The summed E-state index contributed by atoms with van der Waals surface area (Å²) in [5, 5.41) is 2.61. The summed E-state index contributed by atoms with van der Waals surface area (Å²) in [4.78, 5) is 7.97. The normalized spacial score (nSPS) is 10.1. The first-order valence-electron chi connectivity index (χ1n) is 4.90. The Balaban J connectivity index is 2.23. The van der Waals surface area contributed by atoms with Gasteiger partial charge in [-0.3, -0.25) is 0 Å². The summed E-state index contributed by atoms with van der Waals surface area (Å²) < 4.78 is 26.3. The molecule has 3 N–H and O–H groups in total. The molecule has 0 aliphatic rings. The average Bonchev–Trinajstić information content (AvgIpc) is 2.34. The fourth-order valence-corrected chi connectivity index (χ4v) is 1.36. The van der Waals surface area contributed by atoms with E-state index in [2.05, 4.69) is 15.3 Å². The van der Waals surface area contributed by atoms with Gasteiger partial charge in [0.2, 0.25) is 0 Å². The molecule has 18 heavy (non-hydrogen) atoms. The molecule has 1 aromatic heterocycles. The summed E-state index contributed by atoms with van der Waals surface area (Å²) in [7, 11) is 0. The van der Waals surface area contributed by atoms with Crippen LogP contribution >= 0.6 is 12.2 Å². The Morgan fingerprint density at radius 2 is 2.00 bits per heavy atom. The number of nitrogens with one attached hydrogen (secondary N) is 1. The van der Waals surface area contributed by atoms with E-state index < -0.39 is 11.6 Å². The third-order valence-electron chi connectivity index (χ3n) is 2.10. The van der Waals surface area contributed by atoms with Crippen molar-refractivity contribution in [3.63, 3.8) is 0 Å². The van der Waals surface area contributed by atoms with Crippen molar-refractivity contribution in [2.75, 3.05) is 5.32 Å². The second-order valence-corrected chi connectivity index (χ2v) is 3.84. The molecule has 0 saturated carbocycles. The minimum absolute atomic E-state index is 0.0209. The van der Waals surface area contributed by atoms with Crippen LogP contribution in [0.25, 0.3) is 0 Å². The molecule has 0 aliphatic heterocycles. The molecule has 1 aromatic carbocycles. The van der Waals surface area contributed by atoms with Gasteiger partial charge in [0.05, 0.1) is 18.1 Å². The zero-order valence-electron chi connectivity index (χ0n) is 9.02. The van der Waals surface area contributed by atoms with E-state index in [-0.39, 0.29) is 16.5 Å². The highest BCUT2D eigenvalue weighted by molar-refractivity contribution is 7.80. The molecule has 0 atom stereocenters. The van der Waals surface area contributed by atoms with Gasteiger partial charge >= 0.3 is 0 Å². The molecule has 0 unspecified atom stereocenters. The standard InChI is InChI=1S/C11H8F2N4S/c12-6-1-2-7(13)8(3-6)17-10-5-15-9(4-16-10)11(14)18/h1-5H,(H2,14,18)(H,16,17). The third kappa shape index (κ3) is 2.75. The van der Waals surface area contributed by atoms with Gasteiger partial charge in [-0.25, -0.2) is 18.7 Å². The highest BCUT2D eigenvalue weighted by Gasteiger charge is 2.05. The van der Waals surface area contributed by atoms with E-state index in [0.29, 0.717) is 5.69 Å². The highest BCUT2D eigenvalue weighted by Crippen LogP contribution is 2.19. The van der Waals surface area contributed by atoms with Crippen LogP contribution in [-0.2, 0) is 0 Å². The lowest BCUT2D eigenvalue weighted by atomic mass is 10.3. The summed E-state index contributed by atoms with van der Waals surface area (Å²) in [5.41, 5.74) is 5.70. The van der Waals surface area contributed by atoms with Gasteiger partial charge in [0, 0.05) is 6.07 Å². The Morgan fingerprint density at radius 3 is 2.61 bits per heavy atom. The number of anilines is 2. The number of hydrogen-bond acceptors (Lipinski definition) is 4. The maximum Gasteiger partial charge on any atom is 0.148 e. The number of nitrogens with two attached hydrogens (primary N) is 1. The predicted octanol–water partition coefficient (Wildman–Crippen LogP) is 2.13. The Morgan fingerprint density at radius 1 is 1.22 bits per heavy atom. The lowest BCUT2D eigenvalue weighted by molar-refractivity contribution is 0.603. The topological polar surface area (TPSA) is 63.8 Å². The molecule has 7 heteroatoms. The molecular formula is C11H8F2N4S. The molecular weight excluding hydrogens is 258 g/mol. The lowest BCUT2D eigenvalue weighted by Gasteiger charge is -2.06. The Hall–Kier alpha value is -2.15. The van der Waals surface area contributed by atoms with E-state index in [1.165, 1.54) is 12.4 Å². The van der Waals surface area contributed by atoms with Crippen molar-refractivity contribution >= 4 is 28.7 Å². The molecule has 0 amide bonds. The lowest BCUT2D eigenvalue weighted by Crippen LogP contribution is -2.12. The number of thiocarbonyl (C=S) groups is 1. The Labute approximate surface area is 107 Å². The first-order chi connectivity index (χ1) is 8.56. The van der Waals surface area contributed by atoms with Crippen LogP contribution < -0.4 is 11.1 Å². The SMILES string of the molecule is NC(=S)c1cnc(Nc2cc(F)ccc2F)cn1. The smallest absolute Gasteiger partial charge is 0.148 e. The van der Waals surface area contributed by atoms with Crippen molar-refractivity contribution in [2.45, 2.75) is 0 Å². The Kier molecular flexibility index (Phi) is 3.42. The minimum Gasteiger partial charge on any atom is -0.388 e. The van der Waals surface area contributed by atoms with Crippen molar-refractivity contribution < 1.29 is 8.78 Å². The van der Waals surface area contributed by atoms with Gasteiger partial charge in [0.25, 0.3) is 0 Å². The van der Waals surface area contributed by atoms with Gasteiger partial charge in [-0.15, -0.1) is 0 Å². The summed E-state index contributed by atoms with van der Waals surface area (Å²) >= 11 is 4.72. The van der Waals surface area contributed by atoms with Crippen LogP contribution in [0.1, 0.15) is 5.69 Å². The van der Waals surface area contributed by atoms with E-state index in [1.807, 2.05) is 0 Å². The second-order valence-electron chi connectivity index (χ2n) is 3.40. The van der Waals surface area contributed by atoms with Crippen LogP contribution in [0.5, 0.6) is 0 Å². The van der Waals surface area contributed by atoms with Gasteiger partial charge in [-0.05, 0) is 12.1 Å². The van der Waals surface area contributed by atoms with Crippen LogP contribution in [0.4, 0.5) is 20.3 Å². The quantitative estimate of drug-likeness (QED) is 0.833. The van der Waals surface area contributed by atoms with Crippen LogP contribution in [-0.4, -0.2) is 15.0 Å². The molecule has 0 bridgehead atoms. The molecule has 4 nitrogen and oxygen atoms in total. The van der Waals surface area contributed by atoms with Gasteiger partial charge in [-0.1, -0.05) is 12.2 Å². The van der Waals surface area contributed by atoms with Crippen molar-refractivity contribution in [1.82, 2.24) is 9.97 Å². The molecule has 92 valence electrons. The van der Waals surface area contributed by atoms with Gasteiger partial charge in [0.15, 0.2) is 0 Å². The number of nitrogens with zero attached hydrogens (tertiary/aromatic N) is 2. The molecule has 2 rings (SSSR count). The fourth-order valence-electron chi connectivity index (χ4n) is 1.25. The Bertz CT molecular complexity index is 586. The average molecular weight is 266 g/mol. The number of benzene rings is 1. The van der Waals surface area contributed by atoms with Crippen molar-refractivity contribution in [3.05, 3.63) is 47.9 Å². The molecule has 1 heterocycles. The summed E-state index contributed by atoms with van der Waals surface area (Å²) in [6.45, 7) is 0. The van der Waals surface area contributed by atoms with E-state index in [9.17, 15) is 8.78 Å². The van der Waals surface area contributed by atoms with Crippen LogP contribution in [0.3, 0.4) is 0 Å². The first-order valence-corrected chi connectivity index (χ1v) is 5.31. The van der Waals surface area contributed by atoms with E-state index in [0.717, 1.165) is 18.2 Å². The van der Waals surface area contributed by atoms with Gasteiger partial charge < -0.3 is 11.1 Å². The number of hydrogen-bond donors (Lipinski definition) is 2. The van der Waals surface area contributed by atoms with E-state index in [4.69, 9.17) is 18.0 Å². The molecule has 0 spiro atoms.